The molecule has 0 spiro atoms. The lowest BCUT2D eigenvalue weighted by atomic mass is 10.2. The van der Waals surface area contributed by atoms with Gasteiger partial charge >= 0.3 is 8.56 Å². The molecule has 0 aromatic rings. The summed E-state index contributed by atoms with van der Waals surface area (Å²) in [6.45, 7) is 11.9. The van der Waals surface area contributed by atoms with E-state index in [0.717, 1.165) is 25.1 Å². The van der Waals surface area contributed by atoms with Gasteiger partial charge in [0.05, 0.1) is 0 Å². The van der Waals surface area contributed by atoms with Crippen LogP contribution in [0.4, 0.5) is 0 Å². The molecule has 1 atom stereocenters. The second kappa shape index (κ2) is 10.1. The first-order valence-corrected chi connectivity index (χ1v) is 9.68. The van der Waals surface area contributed by atoms with Crippen molar-refractivity contribution in [2.24, 2.45) is 0 Å². The zero-order valence-corrected chi connectivity index (χ0v) is 13.6. The summed E-state index contributed by atoms with van der Waals surface area (Å²) >= 11 is 0. The van der Waals surface area contributed by atoms with Gasteiger partial charge in [0.15, 0.2) is 0 Å². The number of unbranched alkanes of at least 4 members (excludes halogenated alkanes) is 2. The van der Waals surface area contributed by atoms with E-state index in [4.69, 9.17) is 8.85 Å². The lowest BCUT2D eigenvalue weighted by molar-refractivity contribution is 0.115. The van der Waals surface area contributed by atoms with Gasteiger partial charge in [-0.05, 0) is 31.9 Å². The molecule has 0 N–H and O–H groups in total. The van der Waals surface area contributed by atoms with Crippen molar-refractivity contribution in [3.63, 3.8) is 0 Å². The molecule has 104 valence electrons. The molecule has 0 amide bonds. The van der Waals surface area contributed by atoms with Gasteiger partial charge in [-0.1, -0.05) is 47.0 Å². The topological polar surface area (TPSA) is 18.5 Å². The Morgan fingerprint density at radius 2 is 1.59 bits per heavy atom. The smallest absolute Gasteiger partial charge is 0.337 e. The molecule has 0 aliphatic heterocycles. The van der Waals surface area contributed by atoms with Gasteiger partial charge in [0, 0.05) is 12.7 Å². The van der Waals surface area contributed by atoms with Crippen LogP contribution in [0.2, 0.25) is 12.1 Å². The molecular weight excluding hydrogens is 228 g/mol. The molecule has 0 aliphatic rings. The fourth-order valence-electron chi connectivity index (χ4n) is 2.10. The quantitative estimate of drug-likeness (QED) is 0.389. The van der Waals surface area contributed by atoms with Crippen LogP contribution in [0, 0.1) is 0 Å². The zero-order chi connectivity index (χ0) is 13.1. The van der Waals surface area contributed by atoms with Gasteiger partial charge in [0.25, 0.3) is 0 Å². The largest absolute Gasteiger partial charge is 0.394 e. The van der Waals surface area contributed by atoms with Crippen molar-refractivity contribution in [3.05, 3.63) is 0 Å². The van der Waals surface area contributed by atoms with E-state index in [-0.39, 0.29) is 0 Å². The lowest BCUT2D eigenvalue weighted by Gasteiger charge is -2.32. The third-order valence-electron chi connectivity index (χ3n) is 3.30. The first kappa shape index (κ1) is 17.1. The summed E-state index contributed by atoms with van der Waals surface area (Å²) < 4.78 is 12.4. The molecule has 0 aromatic heterocycles. The van der Waals surface area contributed by atoms with E-state index in [1.54, 1.807) is 0 Å². The molecule has 0 bridgehead atoms. The van der Waals surface area contributed by atoms with Crippen LogP contribution in [0.5, 0.6) is 0 Å². The molecule has 2 nitrogen and oxygen atoms in total. The molecule has 0 aliphatic carbocycles. The monoisotopic (exact) mass is 260 g/mol. The lowest BCUT2D eigenvalue weighted by Crippen LogP contribution is -2.43. The summed E-state index contributed by atoms with van der Waals surface area (Å²) in [6, 6.07) is 2.15. The standard InChI is InChI=1S/C14H32O2Si/c1-6-10-11-13-15-17(8-3,9-4)16-14(5)12-7-2/h14H,6-13H2,1-5H3. The average Bonchev–Trinajstić information content (AvgIpc) is 2.33. The van der Waals surface area contributed by atoms with E-state index in [1.165, 1.54) is 25.7 Å². The van der Waals surface area contributed by atoms with Crippen LogP contribution in [0.1, 0.15) is 66.7 Å². The van der Waals surface area contributed by atoms with Crippen molar-refractivity contribution < 1.29 is 8.85 Å². The van der Waals surface area contributed by atoms with Crippen molar-refractivity contribution >= 4 is 8.56 Å². The Kier molecular flexibility index (Phi) is 10.2. The van der Waals surface area contributed by atoms with Crippen LogP contribution in [-0.4, -0.2) is 21.3 Å². The van der Waals surface area contributed by atoms with Gasteiger partial charge in [0.1, 0.15) is 0 Å². The van der Waals surface area contributed by atoms with Gasteiger partial charge < -0.3 is 8.85 Å². The number of hydrogen-bond donors (Lipinski definition) is 0. The van der Waals surface area contributed by atoms with Gasteiger partial charge in [-0.25, -0.2) is 0 Å². The minimum Gasteiger partial charge on any atom is -0.394 e. The Morgan fingerprint density at radius 3 is 2.06 bits per heavy atom. The predicted molar refractivity (Wildman–Crippen MR) is 77.6 cm³/mol. The highest BCUT2D eigenvalue weighted by Crippen LogP contribution is 2.22. The molecular formula is C14H32O2Si. The highest BCUT2D eigenvalue weighted by Gasteiger charge is 2.34. The fourth-order valence-corrected chi connectivity index (χ4v) is 4.77. The van der Waals surface area contributed by atoms with Crippen LogP contribution in [-0.2, 0) is 8.85 Å². The zero-order valence-electron chi connectivity index (χ0n) is 12.6. The Labute approximate surface area is 109 Å². The molecule has 0 radical (unpaired) electrons. The summed E-state index contributed by atoms with van der Waals surface area (Å²) in [7, 11) is -1.89. The Balaban J connectivity index is 4.14. The van der Waals surface area contributed by atoms with Crippen molar-refractivity contribution in [2.45, 2.75) is 84.9 Å². The van der Waals surface area contributed by atoms with Crippen molar-refractivity contribution in [1.29, 1.82) is 0 Å². The van der Waals surface area contributed by atoms with Crippen molar-refractivity contribution in [1.82, 2.24) is 0 Å². The minimum atomic E-state index is -1.89. The van der Waals surface area contributed by atoms with Crippen molar-refractivity contribution in [2.75, 3.05) is 6.61 Å². The van der Waals surface area contributed by atoms with Crippen molar-refractivity contribution in [3.8, 4) is 0 Å². The molecule has 0 heterocycles. The van der Waals surface area contributed by atoms with E-state index in [9.17, 15) is 0 Å². The third kappa shape index (κ3) is 7.22. The first-order valence-electron chi connectivity index (χ1n) is 7.45. The summed E-state index contributed by atoms with van der Waals surface area (Å²) in [5.74, 6) is 0. The van der Waals surface area contributed by atoms with Gasteiger partial charge in [-0.2, -0.15) is 0 Å². The molecule has 1 unspecified atom stereocenters. The second-order valence-corrected chi connectivity index (χ2v) is 8.65. The van der Waals surface area contributed by atoms with Crippen LogP contribution >= 0.6 is 0 Å². The van der Waals surface area contributed by atoms with E-state index >= 15 is 0 Å². The summed E-state index contributed by atoms with van der Waals surface area (Å²) in [5.41, 5.74) is 0. The van der Waals surface area contributed by atoms with Crippen LogP contribution < -0.4 is 0 Å². The SMILES string of the molecule is CCCCCO[Si](CC)(CC)OC(C)CCC. The Bertz CT molecular complexity index is 170. The van der Waals surface area contributed by atoms with E-state index < -0.39 is 8.56 Å². The second-order valence-electron chi connectivity index (χ2n) is 4.89. The van der Waals surface area contributed by atoms with Gasteiger partial charge in [-0.3, -0.25) is 0 Å². The molecule has 17 heavy (non-hydrogen) atoms. The molecule has 0 aromatic carbocycles. The third-order valence-corrected chi connectivity index (χ3v) is 7.02. The highest BCUT2D eigenvalue weighted by atomic mass is 28.4. The molecule has 3 heteroatoms. The fraction of sp³-hybridized carbons (Fsp3) is 1.00. The highest BCUT2D eigenvalue weighted by molar-refractivity contribution is 6.67. The maximum absolute atomic E-state index is 6.27. The number of hydrogen-bond acceptors (Lipinski definition) is 2. The average molecular weight is 260 g/mol. The Morgan fingerprint density at radius 1 is 0.941 bits per heavy atom. The van der Waals surface area contributed by atoms with Crippen LogP contribution in [0.15, 0.2) is 0 Å². The molecule has 0 fully saturated rings. The van der Waals surface area contributed by atoms with Gasteiger partial charge in [-0.15, -0.1) is 0 Å². The van der Waals surface area contributed by atoms with E-state index in [1.807, 2.05) is 0 Å². The maximum Gasteiger partial charge on any atom is 0.337 e. The van der Waals surface area contributed by atoms with Crippen LogP contribution in [0.3, 0.4) is 0 Å². The molecule has 0 saturated heterocycles. The van der Waals surface area contributed by atoms with Gasteiger partial charge in [0.2, 0.25) is 0 Å². The van der Waals surface area contributed by atoms with Crippen LogP contribution in [0.25, 0.3) is 0 Å². The van der Waals surface area contributed by atoms with E-state index in [2.05, 4.69) is 34.6 Å². The molecule has 0 saturated carbocycles. The number of rotatable bonds is 11. The summed E-state index contributed by atoms with van der Waals surface area (Å²) in [5, 5.41) is 0. The maximum atomic E-state index is 6.27. The normalized spacial score (nSPS) is 13.9. The Hall–Kier alpha value is 0.137. The molecule has 0 rings (SSSR count). The van der Waals surface area contributed by atoms with E-state index in [0.29, 0.717) is 6.10 Å². The first-order chi connectivity index (χ1) is 8.14. The minimum absolute atomic E-state index is 0.359. The summed E-state index contributed by atoms with van der Waals surface area (Å²) in [6.07, 6.45) is 6.39. The summed E-state index contributed by atoms with van der Waals surface area (Å²) in [4.78, 5) is 0. The predicted octanol–water partition coefficient (Wildman–Crippen LogP) is 4.88.